The second kappa shape index (κ2) is 4.82. The van der Waals surface area contributed by atoms with Crippen LogP contribution in [0.3, 0.4) is 0 Å². The third kappa shape index (κ3) is 2.33. The van der Waals surface area contributed by atoms with Gasteiger partial charge < -0.3 is 0 Å². The molecule has 0 radical (unpaired) electrons. The third-order valence-corrected chi connectivity index (χ3v) is 4.14. The van der Waals surface area contributed by atoms with Gasteiger partial charge in [-0.05, 0) is 26.3 Å². The highest BCUT2D eigenvalue weighted by molar-refractivity contribution is 7.07. The summed E-state index contributed by atoms with van der Waals surface area (Å²) in [5, 5.41) is 6.74. The average Bonchev–Trinajstić information content (AvgIpc) is 3.01. The van der Waals surface area contributed by atoms with E-state index in [4.69, 9.17) is 0 Å². The van der Waals surface area contributed by atoms with Crippen LogP contribution in [0, 0.1) is 13.8 Å². The van der Waals surface area contributed by atoms with Crippen LogP contribution in [0.25, 0.3) is 0 Å². The maximum Gasteiger partial charge on any atom is 0.0795 e. The van der Waals surface area contributed by atoms with E-state index in [2.05, 4.69) is 45.0 Å². The quantitative estimate of drug-likeness (QED) is 0.852. The Balaban J connectivity index is 1.66. The Morgan fingerprint density at radius 1 is 1.44 bits per heavy atom. The fraction of sp³-hybridized carbons (Fsp3) is 0.538. The van der Waals surface area contributed by atoms with Gasteiger partial charge in [0.2, 0.25) is 0 Å². The van der Waals surface area contributed by atoms with Crippen molar-refractivity contribution >= 4 is 11.3 Å². The van der Waals surface area contributed by atoms with E-state index in [1.165, 1.54) is 17.8 Å². The van der Waals surface area contributed by atoms with Crippen molar-refractivity contribution in [1.82, 2.24) is 19.7 Å². The fourth-order valence-electron chi connectivity index (χ4n) is 2.72. The maximum absolute atomic E-state index is 4.60. The van der Waals surface area contributed by atoms with Crippen molar-refractivity contribution in [2.24, 2.45) is 0 Å². The van der Waals surface area contributed by atoms with E-state index in [1.54, 1.807) is 11.3 Å². The van der Waals surface area contributed by atoms with Gasteiger partial charge in [-0.2, -0.15) is 5.10 Å². The molecule has 1 saturated heterocycles. The van der Waals surface area contributed by atoms with E-state index in [1.807, 2.05) is 5.51 Å². The maximum atomic E-state index is 4.60. The summed E-state index contributed by atoms with van der Waals surface area (Å²) in [6.45, 7) is 7.40. The largest absolute Gasteiger partial charge is 0.295 e. The molecule has 5 heteroatoms. The number of aryl methyl sites for hydroxylation is 2. The molecule has 2 aromatic heterocycles. The molecule has 96 valence electrons. The van der Waals surface area contributed by atoms with Gasteiger partial charge in [0.1, 0.15) is 0 Å². The summed E-state index contributed by atoms with van der Waals surface area (Å²) in [7, 11) is 0. The molecule has 0 aliphatic carbocycles. The van der Waals surface area contributed by atoms with Crippen molar-refractivity contribution in [3.63, 3.8) is 0 Å². The normalized spacial score (nSPS) is 20.7. The topological polar surface area (TPSA) is 34.0 Å². The van der Waals surface area contributed by atoms with Gasteiger partial charge in [0.25, 0.3) is 0 Å². The zero-order valence-electron chi connectivity index (χ0n) is 10.8. The number of likely N-dealkylation sites (tertiary alicyclic amines) is 1. The van der Waals surface area contributed by atoms with Crippen LogP contribution >= 0.6 is 11.3 Å². The molecule has 2 aromatic rings. The first-order valence-electron chi connectivity index (χ1n) is 6.34. The Hall–Kier alpha value is -1.20. The van der Waals surface area contributed by atoms with E-state index >= 15 is 0 Å². The first-order chi connectivity index (χ1) is 8.72. The number of thiazole rings is 1. The first-order valence-corrected chi connectivity index (χ1v) is 7.29. The molecule has 0 N–H and O–H groups in total. The fourth-order valence-corrected chi connectivity index (χ4v) is 3.27. The Bertz CT molecular complexity index is 517. The second-order valence-corrected chi connectivity index (χ2v) is 5.75. The molecule has 0 amide bonds. The molecule has 3 rings (SSSR count). The molecule has 1 aliphatic heterocycles. The number of hydrogen-bond donors (Lipinski definition) is 0. The Morgan fingerprint density at radius 3 is 3.00 bits per heavy atom. The SMILES string of the molecule is Cc1cc(C)n([C@H]2CCN(Cc3cscn3)C2)n1. The van der Waals surface area contributed by atoms with Crippen LogP contribution in [-0.2, 0) is 6.54 Å². The molecule has 0 spiro atoms. The molecule has 0 aromatic carbocycles. The number of rotatable bonds is 3. The Morgan fingerprint density at radius 2 is 2.33 bits per heavy atom. The summed E-state index contributed by atoms with van der Waals surface area (Å²) in [5.74, 6) is 0. The zero-order chi connectivity index (χ0) is 12.5. The van der Waals surface area contributed by atoms with Crippen molar-refractivity contribution < 1.29 is 0 Å². The minimum atomic E-state index is 0.525. The second-order valence-electron chi connectivity index (χ2n) is 5.03. The lowest BCUT2D eigenvalue weighted by atomic mass is 10.2. The minimum absolute atomic E-state index is 0.525. The summed E-state index contributed by atoms with van der Waals surface area (Å²) >= 11 is 1.67. The summed E-state index contributed by atoms with van der Waals surface area (Å²) in [5.41, 5.74) is 5.48. The van der Waals surface area contributed by atoms with Crippen molar-refractivity contribution in [3.05, 3.63) is 34.0 Å². The molecule has 4 nitrogen and oxygen atoms in total. The van der Waals surface area contributed by atoms with Crippen LogP contribution in [-0.4, -0.2) is 32.8 Å². The van der Waals surface area contributed by atoms with E-state index in [0.29, 0.717) is 6.04 Å². The molecular formula is C13H18N4S. The van der Waals surface area contributed by atoms with Gasteiger partial charge in [0, 0.05) is 30.7 Å². The third-order valence-electron chi connectivity index (χ3n) is 3.51. The van der Waals surface area contributed by atoms with Crippen molar-refractivity contribution in [1.29, 1.82) is 0 Å². The monoisotopic (exact) mass is 262 g/mol. The number of hydrogen-bond acceptors (Lipinski definition) is 4. The molecule has 3 heterocycles. The van der Waals surface area contributed by atoms with Crippen LogP contribution in [0.2, 0.25) is 0 Å². The summed E-state index contributed by atoms with van der Waals surface area (Å²) in [4.78, 5) is 6.82. The molecule has 1 aliphatic rings. The summed E-state index contributed by atoms with van der Waals surface area (Å²) in [6.07, 6.45) is 1.19. The predicted molar refractivity (Wildman–Crippen MR) is 72.7 cm³/mol. The molecule has 1 atom stereocenters. The highest BCUT2D eigenvalue weighted by atomic mass is 32.1. The van der Waals surface area contributed by atoms with E-state index in [0.717, 1.165) is 25.3 Å². The Kier molecular flexibility index (Phi) is 3.18. The van der Waals surface area contributed by atoms with Gasteiger partial charge in [0.15, 0.2) is 0 Å². The van der Waals surface area contributed by atoms with Crippen LogP contribution in [0.4, 0.5) is 0 Å². The molecular weight excluding hydrogens is 244 g/mol. The van der Waals surface area contributed by atoms with E-state index < -0.39 is 0 Å². The first kappa shape index (κ1) is 11.9. The van der Waals surface area contributed by atoms with Crippen molar-refractivity contribution in [3.8, 4) is 0 Å². The van der Waals surface area contributed by atoms with Crippen LogP contribution in [0.15, 0.2) is 17.0 Å². The van der Waals surface area contributed by atoms with Gasteiger partial charge in [0.05, 0.1) is 22.9 Å². The van der Waals surface area contributed by atoms with Gasteiger partial charge in [-0.15, -0.1) is 11.3 Å². The number of aromatic nitrogens is 3. The van der Waals surface area contributed by atoms with Crippen LogP contribution in [0.5, 0.6) is 0 Å². The van der Waals surface area contributed by atoms with Gasteiger partial charge in [-0.1, -0.05) is 0 Å². The molecule has 18 heavy (non-hydrogen) atoms. The highest BCUT2D eigenvalue weighted by Gasteiger charge is 2.25. The lowest BCUT2D eigenvalue weighted by molar-refractivity contribution is 0.307. The lowest BCUT2D eigenvalue weighted by Crippen LogP contribution is -2.22. The molecule has 1 fully saturated rings. The molecule has 0 saturated carbocycles. The van der Waals surface area contributed by atoms with Gasteiger partial charge in [-0.3, -0.25) is 9.58 Å². The van der Waals surface area contributed by atoms with Gasteiger partial charge in [-0.25, -0.2) is 4.98 Å². The van der Waals surface area contributed by atoms with Crippen molar-refractivity contribution in [2.75, 3.05) is 13.1 Å². The molecule has 0 unspecified atom stereocenters. The molecule has 0 bridgehead atoms. The smallest absolute Gasteiger partial charge is 0.0795 e. The van der Waals surface area contributed by atoms with Crippen LogP contribution < -0.4 is 0 Å². The lowest BCUT2D eigenvalue weighted by Gasteiger charge is -2.15. The summed E-state index contributed by atoms with van der Waals surface area (Å²) < 4.78 is 2.19. The summed E-state index contributed by atoms with van der Waals surface area (Å²) in [6, 6.07) is 2.68. The number of nitrogens with zero attached hydrogens (tertiary/aromatic N) is 4. The highest BCUT2D eigenvalue weighted by Crippen LogP contribution is 2.24. The zero-order valence-corrected chi connectivity index (χ0v) is 11.7. The van der Waals surface area contributed by atoms with Crippen LogP contribution in [0.1, 0.15) is 29.5 Å². The Labute approximate surface area is 111 Å². The standard InChI is InChI=1S/C13H18N4S/c1-10-5-11(2)17(15-10)13-3-4-16(7-13)6-12-8-18-9-14-12/h5,8-9,13H,3-4,6-7H2,1-2H3/t13-/m0/s1. The van der Waals surface area contributed by atoms with Gasteiger partial charge >= 0.3 is 0 Å². The van der Waals surface area contributed by atoms with Crippen molar-refractivity contribution in [2.45, 2.75) is 32.9 Å². The minimum Gasteiger partial charge on any atom is -0.295 e. The van der Waals surface area contributed by atoms with E-state index in [9.17, 15) is 0 Å². The van der Waals surface area contributed by atoms with E-state index in [-0.39, 0.29) is 0 Å². The predicted octanol–water partition coefficient (Wildman–Crippen LogP) is 2.40. The average molecular weight is 262 g/mol.